The maximum Gasteiger partial charge on any atom is 0.292 e. The molecule has 1 aliphatic rings. The lowest BCUT2D eigenvalue weighted by atomic mass is 10.1. The number of carbonyl (C=O) groups excluding carboxylic acids is 3. The summed E-state index contributed by atoms with van der Waals surface area (Å²) in [6, 6.07) is 8.73. The Morgan fingerprint density at radius 2 is 1.79 bits per heavy atom. The van der Waals surface area contributed by atoms with Gasteiger partial charge in [-0.15, -0.1) is 0 Å². The van der Waals surface area contributed by atoms with Crippen molar-refractivity contribution in [3.05, 3.63) is 52.9 Å². The lowest BCUT2D eigenvalue weighted by Crippen LogP contribution is -2.24. The van der Waals surface area contributed by atoms with Crippen LogP contribution >= 0.6 is 11.6 Å². The molecule has 4 rings (SSSR count). The fourth-order valence-corrected chi connectivity index (χ4v) is 3.22. The quantitative estimate of drug-likeness (QED) is 0.624. The highest BCUT2D eigenvalue weighted by atomic mass is 35.5. The Hall–Kier alpha value is -3.26. The third-order valence-electron chi connectivity index (χ3n) is 4.66. The first-order chi connectivity index (χ1) is 13.8. The van der Waals surface area contributed by atoms with Crippen LogP contribution in [-0.4, -0.2) is 27.4 Å². The zero-order valence-corrected chi connectivity index (χ0v) is 16.1. The zero-order chi connectivity index (χ0) is 20.7. The van der Waals surface area contributed by atoms with E-state index >= 15 is 0 Å². The Balaban J connectivity index is 1.57. The minimum Gasteiger partial charge on any atom is -0.321 e. The van der Waals surface area contributed by atoms with Crippen LogP contribution in [0.1, 0.15) is 23.3 Å². The largest absolute Gasteiger partial charge is 0.321 e. The van der Waals surface area contributed by atoms with Crippen LogP contribution in [-0.2, 0) is 16.6 Å². The van der Waals surface area contributed by atoms with Gasteiger partial charge in [-0.1, -0.05) is 11.6 Å². The van der Waals surface area contributed by atoms with Crippen LogP contribution in [0.15, 0.2) is 36.4 Å². The number of aromatic nitrogens is 2. The average Bonchev–Trinajstić information content (AvgIpc) is 3.46. The number of Topliss-reactive ketones (excluding diaryl/α,β-unsaturated/α-hetero) is 1. The summed E-state index contributed by atoms with van der Waals surface area (Å²) in [5.41, 5.74) is 1.53. The van der Waals surface area contributed by atoms with Crippen molar-refractivity contribution in [3.63, 3.8) is 0 Å². The second kappa shape index (κ2) is 7.29. The molecule has 0 atom stereocenters. The van der Waals surface area contributed by atoms with E-state index in [1.165, 1.54) is 16.8 Å². The fourth-order valence-electron chi connectivity index (χ4n) is 3.04. The molecule has 2 aromatic carbocycles. The van der Waals surface area contributed by atoms with Gasteiger partial charge in [0, 0.05) is 29.7 Å². The third kappa shape index (κ3) is 3.84. The van der Waals surface area contributed by atoms with Crippen LogP contribution in [0.3, 0.4) is 0 Å². The number of hydrogen-bond acceptors (Lipinski definition) is 4. The smallest absolute Gasteiger partial charge is 0.292 e. The molecule has 1 saturated carbocycles. The van der Waals surface area contributed by atoms with Gasteiger partial charge in [0.25, 0.3) is 11.8 Å². The molecule has 7 nitrogen and oxygen atoms in total. The molecular formula is C20H16ClFN4O3. The first-order valence-corrected chi connectivity index (χ1v) is 9.29. The van der Waals surface area contributed by atoms with Gasteiger partial charge in [-0.05, 0) is 49.2 Å². The molecule has 2 amide bonds. The van der Waals surface area contributed by atoms with Gasteiger partial charge in [-0.3, -0.25) is 19.1 Å². The van der Waals surface area contributed by atoms with Gasteiger partial charge in [0.1, 0.15) is 11.5 Å². The van der Waals surface area contributed by atoms with E-state index in [-0.39, 0.29) is 16.6 Å². The normalized spacial score (nSPS) is 13.3. The summed E-state index contributed by atoms with van der Waals surface area (Å²) in [5.74, 6) is -2.24. The van der Waals surface area contributed by atoms with Crippen LogP contribution in [0, 0.1) is 11.7 Å². The minimum absolute atomic E-state index is 0.0983. The maximum atomic E-state index is 13.3. The number of ketones is 1. The van der Waals surface area contributed by atoms with Crippen molar-refractivity contribution < 1.29 is 18.8 Å². The first kappa shape index (κ1) is 19.1. The highest BCUT2D eigenvalue weighted by Crippen LogP contribution is 2.30. The number of halogens is 2. The maximum absolute atomic E-state index is 13.3. The summed E-state index contributed by atoms with van der Waals surface area (Å²) >= 11 is 5.75. The Bertz CT molecular complexity index is 1170. The van der Waals surface area contributed by atoms with Gasteiger partial charge in [0.2, 0.25) is 5.78 Å². The summed E-state index contributed by atoms with van der Waals surface area (Å²) in [5, 5.41) is 10.0. The van der Waals surface area contributed by atoms with Crippen LogP contribution < -0.4 is 10.6 Å². The van der Waals surface area contributed by atoms with Crippen LogP contribution in [0.2, 0.25) is 5.02 Å². The van der Waals surface area contributed by atoms with Gasteiger partial charge in [-0.2, -0.15) is 5.10 Å². The van der Waals surface area contributed by atoms with Crippen molar-refractivity contribution in [1.82, 2.24) is 9.78 Å². The molecular weight excluding hydrogens is 399 g/mol. The van der Waals surface area contributed by atoms with E-state index in [0.29, 0.717) is 22.3 Å². The van der Waals surface area contributed by atoms with E-state index in [9.17, 15) is 18.8 Å². The van der Waals surface area contributed by atoms with Crippen molar-refractivity contribution in [2.45, 2.75) is 12.8 Å². The van der Waals surface area contributed by atoms with E-state index in [0.717, 1.165) is 18.9 Å². The lowest BCUT2D eigenvalue weighted by Gasteiger charge is -2.07. The number of benzene rings is 2. The molecule has 0 unspecified atom stereocenters. The number of carbonyl (C=O) groups is 3. The molecule has 29 heavy (non-hydrogen) atoms. The molecule has 0 bridgehead atoms. The molecule has 0 spiro atoms. The molecule has 3 aromatic rings. The Kier molecular flexibility index (Phi) is 4.79. The molecule has 2 N–H and O–H groups in total. The number of amides is 2. The molecule has 1 aliphatic carbocycles. The predicted molar refractivity (Wildman–Crippen MR) is 106 cm³/mol. The van der Waals surface area contributed by atoms with Gasteiger partial charge >= 0.3 is 0 Å². The third-order valence-corrected chi connectivity index (χ3v) is 4.95. The Morgan fingerprint density at radius 3 is 2.48 bits per heavy atom. The molecule has 1 heterocycles. The second-order valence-electron chi connectivity index (χ2n) is 6.88. The van der Waals surface area contributed by atoms with Crippen molar-refractivity contribution in [3.8, 4) is 0 Å². The van der Waals surface area contributed by atoms with Gasteiger partial charge in [-0.25, -0.2) is 4.39 Å². The average molecular weight is 415 g/mol. The summed E-state index contributed by atoms with van der Waals surface area (Å²) in [4.78, 5) is 36.5. The summed E-state index contributed by atoms with van der Waals surface area (Å²) in [7, 11) is 1.61. The van der Waals surface area contributed by atoms with Gasteiger partial charge < -0.3 is 10.6 Å². The standard InChI is InChI=1S/C20H16ClFN4O3/c1-26-17(19(28)23-11-5-7-15(22)14(21)8-11)13-6-4-12(9-16(13)25-26)24-20(29)18(27)10-2-3-10/h4-10H,2-3H2,1H3,(H,23,28)(H,24,29). The summed E-state index contributed by atoms with van der Waals surface area (Å²) in [6.45, 7) is 0. The van der Waals surface area contributed by atoms with E-state index in [4.69, 9.17) is 11.6 Å². The minimum atomic E-state index is -0.645. The molecule has 9 heteroatoms. The van der Waals surface area contributed by atoms with E-state index in [1.807, 2.05) is 0 Å². The Morgan fingerprint density at radius 1 is 1.10 bits per heavy atom. The molecule has 1 aromatic heterocycles. The Labute approximate surface area is 169 Å². The number of nitrogens with one attached hydrogen (secondary N) is 2. The molecule has 1 fully saturated rings. The highest BCUT2D eigenvalue weighted by molar-refractivity contribution is 6.41. The van der Waals surface area contributed by atoms with E-state index in [2.05, 4.69) is 15.7 Å². The van der Waals surface area contributed by atoms with Gasteiger partial charge in [0.05, 0.1) is 10.5 Å². The van der Waals surface area contributed by atoms with Crippen LogP contribution in [0.25, 0.3) is 10.9 Å². The monoisotopic (exact) mass is 414 g/mol. The predicted octanol–water partition coefficient (Wildman–Crippen LogP) is 3.54. The topological polar surface area (TPSA) is 93.1 Å². The lowest BCUT2D eigenvalue weighted by molar-refractivity contribution is -0.135. The molecule has 0 saturated heterocycles. The van der Waals surface area contributed by atoms with Crippen molar-refractivity contribution in [2.24, 2.45) is 13.0 Å². The zero-order valence-electron chi connectivity index (χ0n) is 15.3. The number of aryl methyl sites for hydroxylation is 1. The van der Waals surface area contributed by atoms with Crippen molar-refractivity contribution in [2.75, 3.05) is 10.6 Å². The number of anilines is 2. The van der Waals surface area contributed by atoms with Crippen LogP contribution in [0.5, 0.6) is 0 Å². The molecule has 0 aliphatic heterocycles. The number of hydrogen-bond donors (Lipinski definition) is 2. The second-order valence-corrected chi connectivity index (χ2v) is 7.29. The molecule has 0 radical (unpaired) electrons. The number of rotatable bonds is 5. The number of nitrogens with zero attached hydrogens (tertiary/aromatic N) is 2. The van der Waals surface area contributed by atoms with Crippen molar-refractivity contribution in [1.29, 1.82) is 0 Å². The highest BCUT2D eigenvalue weighted by Gasteiger charge is 2.34. The van der Waals surface area contributed by atoms with E-state index < -0.39 is 23.4 Å². The summed E-state index contributed by atoms with van der Waals surface area (Å²) in [6.07, 6.45) is 1.51. The van der Waals surface area contributed by atoms with Crippen molar-refractivity contribution >= 4 is 51.5 Å². The summed E-state index contributed by atoms with van der Waals surface area (Å²) < 4.78 is 14.7. The van der Waals surface area contributed by atoms with Crippen LogP contribution in [0.4, 0.5) is 15.8 Å². The molecule has 148 valence electrons. The van der Waals surface area contributed by atoms with E-state index in [1.54, 1.807) is 25.2 Å². The SMILES string of the molecule is Cn1nc2cc(NC(=O)C(=O)C3CC3)ccc2c1C(=O)Nc1ccc(F)c(Cl)c1. The fraction of sp³-hybridized carbons (Fsp3) is 0.200. The number of fused-ring (bicyclic) bond motifs is 1. The van der Waals surface area contributed by atoms with Gasteiger partial charge in [0.15, 0.2) is 0 Å². The first-order valence-electron chi connectivity index (χ1n) is 8.92.